The molecule has 2 amide bonds. The SMILES string of the molecule is CCCCN1C(=O)/C(=C/c2ccc(OCC(=O)Nc3cccc(Cl)c3Cl)c(OC)c2)SC1=S. The highest BCUT2D eigenvalue weighted by atomic mass is 35.5. The Kier molecular flexibility index (Phi) is 9.02. The van der Waals surface area contributed by atoms with Gasteiger partial charge in [-0.25, -0.2) is 0 Å². The third-order valence-corrected chi connectivity index (χ3v) is 6.88. The molecule has 0 aromatic heterocycles. The molecule has 1 saturated heterocycles. The minimum absolute atomic E-state index is 0.0888. The molecule has 0 spiro atoms. The van der Waals surface area contributed by atoms with Gasteiger partial charge in [0, 0.05) is 6.54 Å². The van der Waals surface area contributed by atoms with Gasteiger partial charge in [-0.1, -0.05) is 72.7 Å². The number of thioether (sulfide) groups is 1. The Bertz CT molecular complexity index is 1110. The average Bonchev–Trinajstić information content (AvgIpc) is 3.06. The fraction of sp³-hybridized carbons (Fsp3) is 0.261. The highest BCUT2D eigenvalue weighted by molar-refractivity contribution is 8.26. The molecule has 33 heavy (non-hydrogen) atoms. The van der Waals surface area contributed by atoms with Gasteiger partial charge in [0.1, 0.15) is 4.32 Å². The number of unbranched alkanes of at least 4 members (excludes halogenated alkanes) is 1. The molecule has 3 rings (SSSR count). The number of carbonyl (C=O) groups is 2. The number of methoxy groups -OCH3 is 1. The maximum Gasteiger partial charge on any atom is 0.266 e. The molecule has 174 valence electrons. The maximum atomic E-state index is 12.7. The quantitative estimate of drug-likeness (QED) is 0.319. The lowest BCUT2D eigenvalue weighted by atomic mass is 10.2. The molecular weight excluding hydrogens is 503 g/mol. The summed E-state index contributed by atoms with van der Waals surface area (Å²) in [5.74, 6) is 0.325. The van der Waals surface area contributed by atoms with Crippen LogP contribution in [-0.4, -0.2) is 41.3 Å². The number of halogens is 2. The van der Waals surface area contributed by atoms with Gasteiger partial charge in [-0.05, 0) is 42.3 Å². The highest BCUT2D eigenvalue weighted by Gasteiger charge is 2.31. The molecule has 2 aromatic carbocycles. The van der Waals surface area contributed by atoms with Crippen molar-refractivity contribution in [1.29, 1.82) is 0 Å². The number of ether oxygens (including phenoxy) is 2. The molecule has 0 atom stereocenters. The molecule has 0 saturated carbocycles. The number of thiocarbonyl (C=S) groups is 1. The number of hydrogen-bond acceptors (Lipinski definition) is 6. The zero-order valence-corrected chi connectivity index (χ0v) is 21.2. The Hall–Kier alpha value is -2.26. The van der Waals surface area contributed by atoms with Crippen LogP contribution in [0.5, 0.6) is 11.5 Å². The normalized spacial score (nSPS) is 14.7. The van der Waals surface area contributed by atoms with Crippen molar-refractivity contribution in [3.05, 3.63) is 56.9 Å². The second kappa shape index (κ2) is 11.7. The minimum Gasteiger partial charge on any atom is -0.493 e. The van der Waals surface area contributed by atoms with Crippen LogP contribution in [0, 0.1) is 0 Å². The van der Waals surface area contributed by atoms with Crippen molar-refractivity contribution in [3.63, 3.8) is 0 Å². The van der Waals surface area contributed by atoms with Gasteiger partial charge in [-0.2, -0.15) is 0 Å². The summed E-state index contributed by atoms with van der Waals surface area (Å²) < 4.78 is 11.6. The summed E-state index contributed by atoms with van der Waals surface area (Å²) in [5.41, 5.74) is 1.15. The van der Waals surface area contributed by atoms with E-state index in [0.717, 1.165) is 18.4 Å². The van der Waals surface area contributed by atoms with Crippen molar-refractivity contribution < 1.29 is 19.1 Å². The molecule has 0 radical (unpaired) electrons. The van der Waals surface area contributed by atoms with Crippen molar-refractivity contribution in [2.75, 3.05) is 25.6 Å². The number of amides is 2. The van der Waals surface area contributed by atoms with Gasteiger partial charge in [-0.15, -0.1) is 0 Å². The van der Waals surface area contributed by atoms with Gasteiger partial charge >= 0.3 is 0 Å². The number of hydrogen-bond donors (Lipinski definition) is 1. The molecular formula is C23H22Cl2N2O4S2. The Morgan fingerprint density at radius 3 is 2.76 bits per heavy atom. The molecule has 10 heteroatoms. The molecule has 6 nitrogen and oxygen atoms in total. The monoisotopic (exact) mass is 524 g/mol. The van der Waals surface area contributed by atoms with E-state index in [1.807, 2.05) is 0 Å². The smallest absolute Gasteiger partial charge is 0.266 e. The number of carbonyl (C=O) groups excluding carboxylic acids is 2. The van der Waals surface area contributed by atoms with Crippen LogP contribution < -0.4 is 14.8 Å². The summed E-state index contributed by atoms with van der Waals surface area (Å²) >= 11 is 18.7. The molecule has 1 aliphatic heterocycles. The third kappa shape index (κ3) is 6.41. The van der Waals surface area contributed by atoms with Crippen molar-refractivity contribution in [1.82, 2.24) is 4.90 Å². The van der Waals surface area contributed by atoms with E-state index in [0.29, 0.717) is 38.0 Å². The van der Waals surface area contributed by atoms with E-state index in [-0.39, 0.29) is 17.5 Å². The molecule has 1 fully saturated rings. The molecule has 0 unspecified atom stereocenters. The Labute approximate surface area is 212 Å². The lowest BCUT2D eigenvalue weighted by Crippen LogP contribution is -2.28. The van der Waals surface area contributed by atoms with Gasteiger partial charge in [0.2, 0.25) is 0 Å². The predicted molar refractivity (Wildman–Crippen MR) is 138 cm³/mol. The van der Waals surface area contributed by atoms with Crippen molar-refractivity contribution >= 4 is 75.1 Å². The van der Waals surface area contributed by atoms with Crippen LogP contribution in [0.15, 0.2) is 41.3 Å². The van der Waals surface area contributed by atoms with Gasteiger partial charge in [-0.3, -0.25) is 14.5 Å². The number of nitrogens with zero attached hydrogens (tertiary/aromatic N) is 1. The van der Waals surface area contributed by atoms with E-state index in [1.165, 1.54) is 18.9 Å². The molecule has 0 aliphatic carbocycles. The number of nitrogens with one attached hydrogen (secondary N) is 1. The van der Waals surface area contributed by atoms with Crippen LogP contribution in [0.25, 0.3) is 6.08 Å². The van der Waals surface area contributed by atoms with E-state index in [9.17, 15) is 9.59 Å². The molecule has 1 heterocycles. The van der Waals surface area contributed by atoms with E-state index in [4.69, 9.17) is 44.9 Å². The van der Waals surface area contributed by atoms with Crippen molar-refractivity contribution in [3.8, 4) is 11.5 Å². The minimum atomic E-state index is -0.402. The number of benzene rings is 2. The fourth-order valence-electron chi connectivity index (χ4n) is 2.98. The second-order valence-electron chi connectivity index (χ2n) is 7.04. The summed E-state index contributed by atoms with van der Waals surface area (Å²) in [7, 11) is 1.50. The van der Waals surface area contributed by atoms with Crippen LogP contribution in [0.3, 0.4) is 0 Å². The summed E-state index contributed by atoms with van der Waals surface area (Å²) in [4.78, 5) is 27.1. The zero-order chi connectivity index (χ0) is 24.0. The number of rotatable bonds is 9. The van der Waals surface area contributed by atoms with E-state index >= 15 is 0 Å². The van der Waals surface area contributed by atoms with Crippen LogP contribution in [0.1, 0.15) is 25.3 Å². The van der Waals surface area contributed by atoms with E-state index in [2.05, 4.69) is 12.2 Å². The van der Waals surface area contributed by atoms with Gasteiger partial charge in [0.25, 0.3) is 11.8 Å². The molecule has 2 aromatic rings. The first-order chi connectivity index (χ1) is 15.8. The highest BCUT2D eigenvalue weighted by Crippen LogP contribution is 2.35. The second-order valence-corrected chi connectivity index (χ2v) is 9.50. The first-order valence-electron chi connectivity index (χ1n) is 10.1. The van der Waals surface area contributed by atoms with Gasteiger partial charge in [0.15, 0.2) is 18.1 Å². The van der Waals surface area contributed by atoms with Crippen LogP contribution >= 0.6 is 47.2 Å². The lowest BCUT2D eigenvalue weighted by Gasteiger charge is -2.13. The average molecular weight is 525 g/mol. The van der Waals surface area contributed by atoms with Gasteiger partial charge < -0.3 is 14.8 Å². The molecule has 1 N–H and O–H groups in total. The Morgan fingerprint density at radius 1 is 1.24 bits per heavy atom. The Balaban J connectivity index is 1.67. The first kappa shape index (κ1) is 25.4. The standard InChI is InChI=1S/C23H22Cl2N2O4S2/c1-3-4-10-27-22(29)19(33-23(27)32)12-14-8-9-17(18(11-14)30-2)31-13-20(28)26-16-7-5-6-15(24)21(16)25/h5-9,11-12H,3-4,10,13H2,1-2H3,(H,26,28)/b19-12-. The van der Waals surface area contributed by atoms with Crippen LogP contribution in [0.4, 0.5) is 5.69 Å². The summed E-state index contributed by atoms with van der Waals surface area (Å²) in [6.45, 7) is 2.44. The largest absolute Gasteiger partial charge is 0.493 e. The molecule has 0 bridgehead atoms. The van der Waals surface area contributed by atoms with Crippen molar-refractivity contribution in [2.45, 2.75) is 19.8 Å². The third-order valence-electron chi connectivity index (χ3n) is 4.68. The van der Waals surface area contributed by atoms with Crippen LogP contribution in [-0.2, 0) is 9.59 Å². The molecule has 1 aliphatic rings. The zero-order valence-electron chi connectivity index (χ0n) is 18.0. The lowest BCUT2D eigenvalue weighted by molar-refractivity contribution is -0.122. The topological polar surface area (TPSA) is 67.9 Å². The fourth-order valence-corrected chi connectivity index (χ4v) is 4.64. The number of anilines is 1. The Morgan fingerprint density at radius 2 is 2.03 bits per heavy atom. The predicted octanol–water partition coefficient (Wildman–Crippen LogP) is 6.02. The van der Waals surface area contributed by atoms with E-state index in [1.54, 1.807) is 47.4 Å². The van der Waals surface area contributed by atoms with Gasteiger partial charge in [0.05, 0.1) is 27.7 Å². The van der Waals surface area contributed by atoms with E-state index < -0.39 is 5.91 Å². The van der Waals surface area contributed by atoms with Crippen LogP contribution in [0.2, 0.25) is 10.0 Å². The van der Waals surface area contributed by atoms with Crippen molar-refractivity contribution in [2.24, 2.45) is 0 Å². The summed E-state index contributed by atoms with van der Waals surface area (Å²) in [6.07, 6.45) is 3.65. The first-order valence-corrected chi connectivity index (χ1v) is 12.1. The maximum absolute atomic E-state index is 12.7. The summed E-state index contributed by atoms with van der Waals surface area (Å²) in [6, 6.07) is 10.2. The summed E-state index contributed by atoms with van der Waals surface area (Å²) in [5, 5.41) is 3.26.